The number of aromatic nitrogens is 1. The number of carbonyl (C=O) groups is 1. The molecular weight excluding hydrogens is 612 g/mol. The third-order valence-corrected chi connectivity index (χ3v) is 9.94. The van der Waals surface area contributed by atoms with E-state index in [1.54, 1.807) is 18.3 Å². The SMILES string of the molecule is O=C(OCC1(COc2cccc3c2CC(=CCCN2CCC(O)(c4ccc(Cl)cc4)CC2)c2cccnc2O3)CC1)c1ccccc1. The molecule has 0 unspecified atom stereocenters. The standard InChI is InChI=1S/C39H39ClN2O5/c40-31-15-13-30(14-16-31)39(44)19-23-42(24-20-39)22-6-9-29-25-33-34(11-4-12-35(33)47-36-32(29)10-5-21-41-36)45-26-38(17-18-38)27-46-37(43)28-7-2-1-3-8-28/h1-5,7-16,21,44H,6,17-20,22-27H2. The molecule has 3 aliphatic rings. The molecule has 242 valence electrons. The Morgan fingerprint density at radius 1 is 0.936 bits per heavy atom. The molecule has 4 aromatic rings. The van der Waals surface area contributed by atoms with Crippen LogP contribution >= 0.6 is 11.6 Å². The normalized spacial score (nSPS) is 18.7. The van der Waals surface area contributed by atoms with Gasteiger partial charge in [0.15, 0.2) is 0 Å². The molecule has 1 aromatic heterocycles. The van der Waals surface area contributed by atoms with Crippen molar-refractivity contribution in [2.75, 3.05) is 32.8 Å². The molecule has 7 nitrogen and oxygen atoms in total. The van der Waals surface area contributed by atoms with Crippen molar-refractivity contribution in [2.45, 2.75) is 44.1 Å². The van der Waals surface area contributed by atoms with Gasteiger partial charge in [-0.3, -0.25) is 0 Å². The highest BCUT2D eigenvalue weighted by atomic mass is 35.5. The second-order valence-corrected chi connectivity index (χ2v) is 13.4. The number of hydrogen-bond donors (Lipinski definition) is 1. The van der Waals surface area contributed by atoms with Crippen LogP contribution in [-0.4, -0.2) is 53.8 Å². The van der Waals surface area contributed by atoms with Crippen LogP contribution in [0.5, 0.6) is 17.4 Å². The van der Waals surface area contributed by atoms with Gasteiger partial charge < -0.3 is 24.2 Å². The van der Waals surface area contributed by atoms with E-state index in [9.17, 15) is 9.90 Å². The summed E-state index contributed by atoms with van der Waals surface area (Å²) in [6.45, 7) is 3.35. The highest BCUT2D eigenvalue weighted by molar-refractivity contribution is 6.30. The molecule has 8 heteroatoms. The number of pyridine rings is 1. The Labute approximate surface area is 280 Å². The first-order valence-electron chi connectivity index (χ1n) is 16.4. The van der Waals surface area contributed by atoms with Gasteiger partial charge in [-0.1, -0.05) is 54.1 Å². The van der Waals surface area contributed by atoms with E-state index >= 15 is 0 Å². The molecule has 1 saturated heterocycles. The van der Waals surface area contributed by atoms with E-state index < -0.39 is 5.60 Å². The Morgan fingerprint density at radius 3 is 2.49 bits per heavy atom. The Hall–Kier alpha value is -4.17. The molecule has 2 aliphatic heterocycles. The minimum absolute atomic E-state index is 0.171. The third-order valence-electron chi connectivity index (χ3n) is 9.69. The number of allylic oxidation sites excluding steroid dienone is 1. The fourth-order valence-corrected chi connectivity index (χ4v) is 6.60. The van der Waals surface area contributed by atoms with Crippen LogP contribution in [-0.2, 0) is 16.8 Å². The Balaban J connectivity index is 1.01. The van der Waals surface area contributed by atoms with Gasteiger partial charge in [-0.15, -0.1) is 0 Å². The van der Waals surface area contributed by atoms with E-state index in [-0.39, 0.29) is 11.4 Å². The van der Waals surface area contributed by atoms with Gasteiger partial charge in [0.05, 0.1) is 17.8 Å². The highest BCUT2D eigenvalue weighted by Gasteiger charge is 2.45. The molecule has 0 radical (unpaired) electrons. The molecule has 1 saturated carbocycles. The summed E-state index contributed by atoms with van der Waals surface area (Å²) in [5, 5.41) is 12.0. The molecule has 3 aromatic carbocycles. The highest BCUT2D eigenvalue weighted by Crippen LogP contribution is 2.48. The lowest BCUT2D eigenvalue weighted by Crippen LogP contribution is -2.42. The third kappa shape index (κ3) is 7.23. The van der Waals surface area contributed by atoms with E-state index in [1.165, 1.54) is 0 Å². The van der Waals surface area contributed by atoms with E-state index in [4.69, 9.17) is 25.8 Å². The summed E-state index contributed by atoms with van der Waals surface area (Å²) in [6, 6.07) is 26.6. The number of rotatable bonds is 10. The molecule has 0 atom stereocenters. The summed E-state index contributed by atoms with van der Waals surface area (Å²) in [4.78, 5) is 19.5. The number of nitrogens with zero attached hydrogens (tertiary/aromatic N) is 2. The number of aliphatic hydroxyl groups is 1. The van der Waals surface area contributed by atoms with E-state index in [0.717, 1.165) is 72.7 Å². The van der Waals surface area contributed by atoms with Gasteiger partial charge in [-0.05, 0) is 91.8 Å². The maximum Gasteiger partial charge on any atom is 0.338 e. The predicted molar refractivity (Wildman–Crippen MR) is 182 cm³/mol. The largest absolute Gasteiger partial charge is 0.492 e. The summed E-state index contributed by atoms with van der Waals surface area (Å²) < 4.78 is 18.5. The average Bonchev–Trinajstić information content (AvgIpc) is 3.90. The predicted octanol–water partition coefficient (Wildman–Crippen LogP) is 7.86. The zero-order valence-corrected chi connectivity index (χ0v) is 27.1. The maximum absolute atomic E-state index is 12.5. The number of halogens is 1. The Bertz CT molecular complexity index is 1750. The van der Waals surface area contributed by atoms with Crippen LogP contribution in [0.25, 0.3) is 5.57 Å². The summed E-state index contributed by atoms with van der Waals surface area (Å²) in [5.74, 6) is 1.80. The van der Waals surface area contributed by atoms with Crippen molar-refractivity contribution >= 4 is 23.1 Å². The van der Waals surface area contributed by atoms with Crippen LogP contribution < -0.4 is 9.47 Å². The monoisotopic (exact) mass is 650 g/mol. The minimum atomic E-state index is -0.814. The van der Waals surface area contributed by atoms with Crippen molar-refractivity contribution in [3.63, 3.8) is 0 Å². The second kappa shape index (κ2) is 13.5. The van der Waals surface area contributed by atoms with Crippen molar-refractivity contribution in [1.82, 2.24) is 9.88 Å². The average molecular weight is 651 g/mol. The summed E-state index contributed by atoms with van der Waals surface area (Å²) >= 11 is 6.06. The molecule has 47 heavy (non-hydrogen) atoms. The van der Waals surface area contributed by atoms with Gasteiger partial charge in [0.25, 0.3) is 0 Å². The smallest absolute Gasteiger partial charge is 0.338 e. The van der Waals surface area contributed by atoms with Crippen LogP contribution in [0.4, 0.5) is 0 Å². The fourth-order valence-electron chi connectivity index (χ4n) is 6.47. The molecule has 7 rings (SSSR count). The molecule has 2 fully saturated rings. The van der Waals surface area contributed by atoms with E-state index in [2.05, 4.69) is 22.0 Å². The minimum Gasteiger partial charge on any atom is -0.492 e. The topological polar surface area (TPSA) is 81.1 Å². The van der Waals surface area contributed by atoms with Gasteiger partial charge in [-0.25, -0.2) is 9.78 Å². The van der Waals surface area contributed by atoms with Crippen molar-refractivity contribution in [3.8, 4) is 17.4 Å². The van der Waals surface area contributed by atoms with Gasteiger partial charge in [-0.2, -0.15) is 0 Å². The number of benzene rings is 3. The lowest BCUT2D eigenvalue weighted by Gasteiger charge is -2.38. The first-order valence-corrected chi connectivity index (χ1v) is 16.8. The van der Waals surface area contributed by atoms with Gasteiger partial charge in [0.1, 0.15) is 18.1 Å². The number of esters is 1. The van der Waals surface area contributed by atoms with Crippen molar-refractivity contribution < 1.29 is 24.1 Å². The molecule has 1 N–H and O–H groups in total. The lowest BCUT2D eigenvalue weighted by molar-refractivity contribution is -0.0254. The molecule has 3 heterocycles. The number of carbonyl (C=O) groups excluding carboxylic acids is 1. The van der Waals surface area contributed by atoms with Gasteiger partial charge >= 0.3 is 5.97 Å². The molecular formula is C39H39ClN2O5. The zero-order valence-electron chi connectivity index (χ0n) is 26.4. The quantitative estimate of drug-likeness (QED) is 0.175. The van der Waals surface area contributed by atoms with E-state index in [0.29, 0.717) is 48.9 Å². The van der Waals surface area contributed by atoms with E-state index in [1.807, 2.05) is 66.7 Å². The van der Waals surface area contributed by atoms with Gasteiger partial charge in [0.2, 0.25) is 5.88 Å². The molecule has 0 amide bonds. The number of ether oxygens (including phenoxy) is 3. The van der Waals surface area contributed by atoms with Crippen LogP contribution in [0.15, 0.2) is 97.2 Å². The number of piperidine rings is 1. The molecule has 0 bridgehead atoms. The van der Waals surface area contributed by atoms with Crippen LogP contribution in [0.2, 0.25) is 5.02 Å². The van der Waals surface area contributed by atoms with Crippen LogP contribution in [0.1, 0.15) is 59.2 Å². The number of likely N-dealkylation sites (tertiary alicyclic amines) is 1. The summed E-state index contributed by atoms with van der Waals surface area (Å²) in [6.07, 6.45) is 8.84. The summed E-state index contributed by atoms with van der Waals surface area (Å²) in [5.41, 5.74) is 3.62. The van der Waals surface area contributed by atoms with Crippen LogP contribution in [0.3, 0.4) is 0 Å². The number of hydrogen-bond acceptors (Lipinski definition) is 7. The maximum atomic E-state index is 12.5. The first kappa shape index (κ1) is 31.4. The van der Waals surface area contributed by atoms with Crippen molar-refractivity contribution in [2.24, 2.45) is 5.41 Å². The second-order valence-electron chi connectivity index (χ2n) is 13.0. The zero-order chi connectivity index (χ0) is 32.3. The lowest BCUT2D eigenvalue weighted by atomic mass is 9.84. The molecule has 1 aliphatic carbocycles. The number of fused-ring (bicyclic) bond motifs is 2. The fraction of sp³-hybridized carbons (Fsp3) is 0.333. The van der Waals surface area contributed by atoms with Gasteiger partial charge in [0, 0.05) is 53.8 Å². The summed E-state index contributed by atoms with van der Waals surface area (Å²) in [7, 11) is 0. The Kier molecular flexibility index (Phi) is 9.04. The molecule has 0 spiro atoms. The first-order chi connectivity index (χ1) is 22.9. The Morgan fingerprint density at radius 2 is 1.72 bits per heavy atom. The van der Waals surface area contributed by atoms with Crippen LogP contribution in [0, 0.1) is 5.41 Å². The van der Waals surface area contributed by atoms with Crippen molar-refractivity contribution in [3.05, 3.63) is 124 Å². The van der Waals surface area contributed by atoms with Crippen molar-refractivity contribution in [1.29, 1.82) is 0 Å².